The normalized spacial score (nSPS) is 17.8. The Balaban J connectivity index is 1.65. The highest BCUT2D eigenvalue weighted by atomic mass is 35.5. The lowest BCUT2D eigenvalue weighted by Gasteiger charge is -2.50. The quantitative estimate of drug-likeness (QED) is 0.354. The number of nitriles is 1. The summed E-state index contributed by atoms with van der Waals surface area (Å²) in [4.78, 5) is 33.5. The lowest BCUT2D eigenvalue weighted by Crippen LogP contribution is -2.65. The molecule has 11 heteroatoms. The van der Waals surface area contributed by atoms with Crippen LogP contribution in [-0.4, -0.2) is 50.7 Å². The summed E-state index contributed by atoms with van der Waals surface area (Å²) in [6.07, 6.45) is 0. The molecule has 204 valence electrons. The number of anilines is 1. The summed E-state index contributed by atoms with van der Waals surface area (Å²) in [7, 11) is 1.42. The van der Waals surface area contributed by atoms with E-state index in [-0.39, 0.29) is 36.5 Å². The number of carboxylic acid groups (broad SMARTS) is 1. The number of benzene rings is 2. The fourth-order valence-corrected chi connectivity index (χ4v) is 5.62. The number of hydrogen-bond donors (Lipinski definition) is 1. The van der Waals surface area contributed by atoms with E-state index in [1.165, 1.54) is 19.2 Å². The summed E-state index contributed by atoms with van der Waals surface area (Å²) in [6, 6.07) is 18.8. The zero-order chi connectivity index (χ0) is 28.8. The third-order valence-corrected chi connectivity index (χ3v) is 7.98. The van der Waals surface area contributed by atoms with Gasteiger partial charge in [0.15, 0.2) is 0 Å². The van der Waals surface area contributed by atoms with E-state index in [0.717, 1.165) is 15.7 Å². The third kappa shape index (κ3) is 4.68. The molecule has 0 radical (unpaired) electrons. The summed E-state index contributed by atoms with van der Waals surface area (Å²) < 4.78 is 16.8. The van der Waals surface area contributed by atoms with Crippen molar-refractivity contribution >= 4 is 45.9 Å². The van der Waals surface area contributed by atoms with Crippen molar-refractivity contribution in [3.8, 4) is 6.07 Å². The average molecular weight is 580 g/mol. The van der Waals surface area contributed by atoms with E-state index < -0.39 is 28.9 Å². The highest BCUT2D eigenvalue weighted by molar-refractivity contribution is 6.30. The number of nitrogens with zero attached hydrogens (tertiary/aromatic N) is 5. The van der Waals surface area contributed by atoms with Crippen LogP contribution in [0.3, 0.4) is 0 Å². The van der Waals surface area contributed by atoms with Gasteiger partial charge in [0.1, 0.15) is 28.5 Å². The Morgan fingerprint density at radius 1 is 1.05 bits per heavy atom. The minimum Gasteiger partial charge on any atom is -0.480 e. The van der Waals surface area contributed by atoms with Crippen molar-refractivity contribution in [1.29, 1.82) is 5.26 Å². The molecule has 2 aromatic carbocycles. The van der Waals surface area contributed by atoms with Gasteiger partial charge in [-0.15, -0.1) is 0 Å². The standard InChI is InChI=1S/C29H24Cl2FN5O3/c1-29(28(39)40)16-36(26-23(32)27(38)35(2)22-12-11-21(15-33)34-24(22)26)13-14-37(29)25(17-3-7-19(30)8-4-17)18-5-9-20(31)10-6-18/h3-12,25H,13-14,16H2,1-2H3,(H,39,40). The average Bonchev–Trinajstić information content (AvgIpc) is 2.94. The first-order valence-corrected chi connectivity index (χ1v) is 13.2. The first-order valence-electron chi connectivity index (χ1n) is 12.4. The van der Waals surface area contributed by atoms with Crippen molar-refractivity contribution < 1.29 is 14.3 Å². The number of piperazine rings is 1. The number of aliphatic carboxylic acids is 1. The summed E-state index contributed by atoms with van der Waals surface area (Å²) in [5, 5.41) is 21.1. The lowest BCUT2D eigenvalue weighted by atomic mass is 9.88. The predicted molar refractivity (Wildman–Crippen MR) is 151 cm³/mol. The summed E-state index contributed by atoms with van der Waals surface area (Å²) in [5.74, 6) is -2.17. The molecule has 0 bridgehead atoms. The maximum atomic E-state index is 15.6. The van der Waals surface area contributed by atoms with E-state index in [9.17, 15) is 20.0 Å². The van der Waals surface area contributed by atoms with Crippen LogP contribution in [0.4, 0.5) is 10.1 Å². The molecule has 1 N–H and O–H groups in total. The van der Waals surface area contributed by atoms with Crippen LogP contribution in [0.1, 0.15) is 29.8 Å². The molecular weight excluding hydrogens is 556 g/mol. The van der Waals surface area contributed by atoms with E-state index in [1.807, 2.05) is 35.2 Å². The molecule has 3 heterocycles. The molecule has 1 unspecified atom stereocenters. The molecule has 4 aromatic rings. The monoisotopic (exact) mass is 579 g/mol. The Hall–Kier alpha value is -3.97. The second-order valence-electron chi connectivity index (χ2n) is 9.90. The van der Waals surface area contributed by atoms with Crippen molar-refractivity contribution in [2.75, 3.05) is 24.5 Å². The number of pyridine rings is 2. The van der Waals surface area contributed by atoms with E-state index >= 15 is 4.39 Å². The summed E-state index contributed by atoms with van der Waals surface area (Å²) >= 11 is 12.3. The second-order valence-corrected chi connectivity index (χ2v) is 10.8. The van der Waals surface area contributed by atoms with Crippen molar-refractivity contribution in [3.05, 3.63) is 104 Å². The molecule has 8 nitrogen and oxygen atoms in total. The Kier molecular flexibility index (Phi) is 7.27. The summed E-state index contributed by atoms with van der Waals surface area (Å²) in [5.41, 5.74) is -0.375. The Morgan fingerprint density at radius 2 is 1.62 bits per heavy atom. The number of halogens is 3. The molecule has 1 aliphatic heterocycles. The molecule has 1 aliphatic rings. The van der Waals surface area contributed by atoms with E-state index in [4.69, 9.17) is 23.2 Å². The highest BCUT2D eigenvalue weighted by Gasteiger charge is 2.48. The van der Waals surface area contributed by atoms with Gasteiger partial charge >= 0.3 is 5.97 Å². The number of aromatic nitrogens is 2. The van der Waals surface area contributed by atoms with Crippen molar-refractivity contribution in [2.45, 2.75) is 18.5 Å². The van der Waals surface area contributed by atoms with Crippen molar-refractivity contribution in [2.24, 2.45) is 7.05 Å². The van der Waals surface area contributed by atoms with E-state index in [2.05, 4.69) is 4.98 Å². The maximum Gasteiger partial charge on any atom is 0.325 e. The lowest BCUT2D eigenvalue weighted by molar-refractivity contribution is -0.152. The zero-order valence-corrected chi connectivity index (χ0v) is 23.1. The van der Waals surface area contributed by atoms with Gasteiger partial charge in [0, 0.05) is 36.7 Å². The molecule has 1 fully saturated rings. The predicted octanol–water partition coefficient (Wildman–Crippen LogP) is 5.01. The van der Waals surface area contributed by atoms with E-state index in [0.29, 0.717) is 15.6 Å². The van der Waals surface area contributed by atoms with Crippen LogP contribution in [0, 0.1) is 17.1 Å². The largest absolute Gasteiger partial charge is 0.480 e. The van der Waals surface area contributed by atoms with Crippen LogP contribution < -0.4 is 10.5 Å². The van der Waals surface area contributed by atoms with Gasteiger partial charge in [-0.1, -0.05) is 47.5 Å². The fourth-order valence-electron chi connectivity index (χ4n) is 5.36. The number of carbonyl (C=O) groups is 1. The molecule has 0 spiro atoms. The first-order chi connectivity index (χ1) is 19.0. The Labute approximate surface area is 239 Å². The fraction of sp³-hybridized carbons (Fsp3) is 0.241. The molecular formula is C29H24Cl2FN5O3. The number of aryl methyl sites for hydroxylation is 1. The molecule has 40 heavy (non-hydrogen) atoms. The first kappa shape index (κ1) is 27.6. The van der Waals surface area contributed by atoms with Crippen LogP contribution in [0.5, 0.6) is 0 Å². The number of rotatable bonds is 5. The van der Waals surface area contributed by atoms with Gasteiger partial charge in [-0.25, -0.2) is 4.98 Å². The van der Waals surface area contributed by atoms with Gasteiger partial charge in [0.2, 0.25) is 5.82 Å². The molecule has 0 aliphatic carbocycles. The van der Waals surface area contributed by atoms with Gasteiger partial charge < -0.3 is 14.6 Å². The highest BCUT2D eigenvalue weighted by Crippen LogP contribution is 2.39. The molecule has 0 saturated carbocycles. The number of carboxylic acids is 1. The number of fused-ring (bicyclic) bond motifs is 1. The maximum absolute atomic E-state index is 15.6. The van der Waals surface area contributed by atoms with Gasteiger partial charge in [-0.2, -0.15) is 9.65 Å². The van der Waals surface area contributed by atoms with E-state index in [1.54, 1.807) is 36.1 Å². The molecule has 2 aromatic heterocycles. The number of hydrogen-bond acceptors (Lipinski definition) is 6. The van der Waals surface area contributed by atoms with Gasteiger partial charge in [0.05, 0.1) is 11.6 Å². The van der Waals surface area contributed by atoms with Crippen LogP contribution in [0.2, 0.25) is 10.0 Å². The van der Waals surface area contributed by atoms with Crippen molar-refractivity contribution in [1.82, 2.24) is 14.5 Å². The minimum atomic E-state index is -1.53. The third-order valence-electron chi connectivity index (χ3n) is 7.48. The van der Waals surface area contributed by atoms with Gasteiger partial charge in [-0.3, -0.25) is 14.5 Å². The molecule has 1 atom stereocenters. The SMILES string of the molecule is Cn1c(=O)c(F)c(N2CCN(C(c3ccc(Cl)cc3)c3ccc(Cl)cc3)C(C)(C(=O)O)C2)c2nc(C#N)ccc21. The Morgan fingerprint density at radius 3 is 2.15 bits per heavy atom. The zero-order valence-electron chi connectivity index (χ0n) is 21.6. The minimum absolute atomic E-state index is 0.0528. The topological polar surface area (TPSA) is 102 Å². The van der Waals surface area contributed by atoms with Crippen LogP contribution in [-0.2, 0) is 11.8 Å². The van der Waals surface area contributed by atoms with Crippen LogP contribution in [0.25, 0.3) is 11.0 Å². The Bertz CT molecular complexity index is 1670. The molecule has 1 saturated heterocycles. The second kappa shape index (κ2) is 10.5. The smallest absolute Gasteiger partial charge is 0.325 e. The van der Waals surface area contributed by atoms with Crippen LogP contribution in [0.15, 0.2) is 65.5 Å². The van der Waals surface area contributed by atoms with Gasteiger partial charge in [-0.05, 0) is 54.4 Å². The molecule has 5 rings (SSSR count). The summed E-state index contributed by atoms with van der Waals surface area (Å²) in [6.45, 7) is 1.82. The van der Waals surface area contributed by atoms with Crippen molar-refractivity contribution in [3.63, 3.8) is 0 Å². The van der Waals surface area contributed by atoms with Crippen LogP contribution >= 0.6 is 23.2 Å². The molecule has 0 amide bonds. The van der Waals surface area contributed by atoms with Gasteiger partial charge in [0.25, 0.3) is 5.56 Å².